The van der Waals surface area contributed by atoms with Crippen LogP contribution in [0.1, 0.15) is 36.9 Å². The first-order chi connectivity index (χ1) is 9.15. The van der Waals surface area contributed by atoms with Crippen molar-refractivity contribution in [2.45, 2.75) is 32.7 Å². The molecule has 0 saturated carbocycles. The standard InChI is InChI=1S/C15H20N2OS/c1-4-6-13-14(10(2)16)19-15(17-13)11-7-5-8-12(9-11)18-3/h5,7-10H,4,6,16H2,1-3H3. The summed E-state index contributed by atoms with van der Waals surface area (Å²) in [6.07, 6.45) is 2.07. The van der Waals surface area contributed by atoms with E-state index in [1.54, 1.807) is 18.4 Å². The van der Waals surface area contributed by atoms with Gasteiger partial charge in [0.25, 0.3) is 0 Å². The van der Waals surface area contributed by atoms with Crippen molar-refractivity contribution >= 4 is 11.3 Å². The molecule has 0 aliphatic heterocycles. The lowest BCUT2D eigenvalue weighted by atomic mass is 10.1. The smallest absolute Gasteiger partial charge is 0.124 e. The maximum Gasteiger partial charge on any atom is 0.124 e. The summed E-state index contributed by atoms with van der Waals surface area (Å²) in [6, 6.07) is 8.04. The van der Waals surface area contributed by atoms with Crippen molar-refractivity contribution < 1.29 is 4.74 Å². The molecule has 19 heavy (non-hydrogen) atoms. The maximum absolute atomic E-state index is 6.04. The Labute approximate surface area is 118 Å². The molecule has 2 N–H and O–H groups in total. The zero-order valence-corrected chi connectivity index (χ0v) is 12.5. The normalized spacial score (nSPS) is 12.4. The molecule has 3 nitrogen and oxygen atoms in total. The molecule has 1 heterocycles. The molecule has 2 rings (SSSR count). The molecule has 0 bridgehead atoms. The van der Waals surface area contributed by atoms with Gasteiger partial charge in [-0.2, -0.15) is 0 Å². The van der Waals surface area contributed by atoms with E-state index in [1.165, 1.54) is 4.88 Å². The van der Waals surface area contributed by atoms with Crippen molar-refractivity contribution in [3.63, 3.8) is 0 Å². The molecular formula is C15H20N2OS. The molecule has 1 atom stereocenters. The number of aromatic nitrogens is 1. The number of aryl methyl sites for hydroxylation is 1. The average molecular weight is 276 g/mol. The van der Waals surface area contributed by atoms with Crippen LogP contribution in [-0.4, -0.2) is 12.1 Å². The molecule has 2 aromatic rings. The van der Waals surface area contributed by atoms with Crippen molar-refractivity contribution in [1.82, 2.24) is 4.98 Å². The summed E-state index contributed by atoms with van der Waals surface area (Å²) in [4.78, 5) is 5.94. The first-order valence-electron chi connectivity index (χ1n) is 6.55. The molecule has 4 heteroatoms. The molecule has 0 spiro atoms. The van der Waals surface area contributed by atoms with Gasteiger partial charge in [0, 0.05) is 16.5 Å². The minimum absolute atomic E-state index is 0.0402. The highest BCUT2D eigenvalue weighted by Crippen LogP contribution is 2.33. The second kappa shape index (κ2) is 6.17. The van der Waals surface area contributed by atoms with E-state index in [-0.39, 0.29) is 6.04 Å². The second-order valence-electron chi connectivity index (χ2n) is 4.60. The molecule has 1 aromatic carbocycles. The van der Waals surface area contributed by atoms with Gasteiger partial charge in [-0.05, 0) is 25.5 Å². The van der Waals surface area contributed by atoms with Gasteiger partial charge in [-0.15, -0.1) is 11.3 Å². The van der Waals surface area contributed by atoms with Crippen LogP contribution < -0.4 is 10.5 Å². The van der Waals surface area contributed by atoms with E-state index in [4.69, 9.17) is 15.5 Å². The fraction of sp³-hybridized carbons (Fsp3) is 0.400. The Kier molecular flexibility index (Phi) is 4.56. The number of methoxy groups -OCH3 is 1. The fourth-order valence-electron chi connectivity index (χ4n) is 2.01. The van der Waals surface area contributed by atoms with Gasteiger partial charge in [-0.25, -0.2) is 4.98 Å². The first kappa shape index (κ1) is 14.0. The Balaban J connectivity index is 2.41. The number of benzene rings is 1. The van der Waals surface area contributed by atoms with Gasteiger partial charge in [-0.1, -0.05) is 25.5 Å². The highest BCUT2D eigenvalue weighted by molar-refractivity contribution is 7.15. The number of nitrogens with two attached hydrogens (primary N) is 1. The molecular weight excluding hydrogens is 256 g/mol. The number of nitrogens with zero attached hydrogens (tertiary/aromatic N) is 1. The van der Waals surface area contributed by atoms with Crippen molar-refractivity contribution in [2.75, 3.05) is 7.11 Å². The third-order valence-corrected chi connectivity index (χ3v) is 4.29. The van der Waals surface area contributed by atoms with E-state index in [0.29, 0.717) is 0 Å². The van der Waals surface area contributed by atoms with E-state index >= 15 is 0 Å². The summed E-state index contributed by atoms with van der Waals surface area (Å²) in [5.74, 6) is 0.854. The lowest BCUT2D eigenvalue weighted by molar-refractivity contribution is 0.415. The van der Waals surface area contributed by atoms with Crippen LogP contribution >= 0.6 is 11.3 Å². The molecule has 1 unspecified atom stereocenters. The zero-order chi connectivity index (χ0) is 13.8. The molecule has 1 aromatic heterocycles. The third kappa shape index (κ3) is 3.14. The van der Waals surface area contributed by atoms with Gasteiger partial charge in [0.15, 0.2) is 0 Å². The van der Waals surface area contributed by atoms with Crippen LogP contribution in [0.2, 0.25) is 0 Å². The molecule has 0 aliphatic rings. The molecule has 0 saturated heterocycles. The van der Waals surface area contributed by atoms with Gasteiger partial charge < -0.3 is 10.5 Å². The first-order valence-corrected chi connectivity index (χ1v) is 7.37. The number of rotatable bonds is 5. The van der Waals surface area contributed by atoms with Gasteiger partial charge in [0.2, 0.25) is 0 Å². The van der Waals surface area contributed by atoms with Crippen molar-refractivity contribution in [3.05, 3.63) is 34.8 Å². The second-order valence-corrected chi connectivity index (χ2v) is 5.63. The predicted octanol–water partition coefficient (Wildman–Crippen LogP) is 3.79. The maximum atomic E-state index is 6.04. The number of ether oxygens (including phenoxy) is 1. The monoisotopic (exact) mass is 276 g/mol. The third-order valence-electron chi connectivity index (χ3n) is 2.94. The number of hydrogen-bond acceptors (Lipinski definition) is 4. The van der Waals surface area contributed by atoms with Crippen LogP contribution in [0, 0.1) is 0 Å². The summed E-state index contributed by atoms with van der Waals surface area (Å²) in [6.45, 7) is 4.18. The molecule has 0 fully saturated rings. The fourth-order valence-corrected chi connectivity index (χ4v) is 3.08. The average Bonchev–Trinajstić information content (AvgIpc) is 2.83. The minimum Gasteiger partial charge on any atom is -0.497 e. The summed E-state index contributed by atoms with van der Waals surface area (Å²) in [7, 11) is 1.68. The predicted molar refractivity (Wildman–Crippen MR) is 80.7 cm³/mol. The summed E-state index contributed by atoms with van der Waals surface area (Å²) < 4.78 is 5.26. The van der Waals surface area contributed by atoms with E-state index in [0.717, 1.165) is 34.9 Å². The highest BCUT2D eigenvalue weighted by atomic mass is 32.1. The summed E-state index contributed by atoms with van der Waals surface area (Å²) in [5.41, 5.74) is 8.27. The quantitative estimate of drug-likeness (QED) is 0.903. The minimum atomic E-state index is 0.0402. The Morgan fingerprint density at radius 2 is 2.21 bits per heavy atom. The van der Waals surface area contributed by atoms with Crippen LogP contribution in [0.15, 0.2) is 24.3 Å². The molecule has 0 radical (unpaired) electrons. The summed E-state index contributed by atoms with van der Waals surface area (Å²) in [5, 5.41) is 1.02. The number of hydrogen-bond donors (Lipinski definition) is 1. The van der Waals surface area contributed by atoms with Crippen molar-refractivity contribution in [3.8, 4) is 16.3 Å². The van der Waals surface area contributed by atoms with E-state index in [1.807, 2.05) is 25.1 Å². The van der Waals surface area contributed by atoms with Crippen LogP contribution in [0.3, 0.4) is 0 Å². The number of thiazole rings is 1. The topological polar surface area (TPSA) is 48.1 Å². The molecule has 0 aliphatic carbocycles. The van der Waals surface area contributed by atoms with Gasteiger partial charge in [-0.3, -0.25) is 0 Å². The van der Waals surface area contributed by atoms with Crippen LogP contribution in [0.5, 0.6) is 5.75 Å². The molecule has 0 amide bonds. The lowest BCUT2D eigenvalue weighted by Crippen LogP contribution is -2.05. The van der Waals surface area contributed by atoms with E-state index in [2.05, 4.69) is 13.0 Å². The zero-order valence-electron chi connectivity index (χ0n) is 11.6. The lowest BCUT2D eigenvalue weighted by Gasteiger charge is -2.03. The van der Waals surface area contributed by atoms with E-state index in [9.17, 15) is 0 Å². The van der Waals surface area contributed by atoms with Crippen molar-refractivity contribution in [2.24, 2.45) is 5.73 Å². The van der Waals surface area contributed by atoms with Crippen LogP contribution in [0.4, 0.5) is 0 Å². The van der Waals surface area contributed by atoms with Gasteiger partial charge in [0.05, 0.1) is 12.8 Å². The molecule has 102 valence electrons. The van der Waals surface area contributed by atoms with Crippen LogP contribution in [0.25, 0.3) is 10.6 Å². The summed E-state index contributed by atoms with van der Waals surface area (Å²) >= 11 is 1.69. The Hall–Kier alpha value is -1.39. The van der Waals surface area contributed by atoms with Gasteiger partial charge >= 0.3 is 0 Å². The SMILES string of the molecule is CCCc1nc(-c2cccc(OC)c2)sc1C(C)N. The Bertz CT molecular complexity index is 549. The largest absolute Gasteiger partial charge is 0.497 e. The van der Waals surface area contributed by atoms with Crippen LogP contribution in [-0.2, 0) is 6.42 Å². The Morgan fingerprint density at radius 3 is 2.84 bits per heavy atom. The van der Waals surface area contributed by atoms with E-state index < -0.39 is 0 Å². The highest BCUT2D eigenvalue weighted by Gasteiger charge is 2.15. The Morgan fingerprint density at radius 1 is 1.42 bits per heavy atom. The van der Waals surface area contributed by atoms with Crippen molar-refractivity contribution in [1.29, 1.82) is 0 Å². The van der Waals surface area contributed by atoms with Gasteiger partial charge in [0.1, 0.15) is 10.8 Å².